The molecule has 1 unspecified atom stereocenters. The van der Waals surface area contributed by atoms with E-state index in [4.69, 9.17) is 14.1 Å². The molecule has 3 heterocycles. The summed E-state index contributed by atoms with van der Waals surface area (Å²) in [5.74, 6) is -1.25. The van der Waals surface area contributed by atoms with Gasteiger partial charge in [-0.2, -0.15) is 10.0 Å². The zero-order chi connectivity index (χ0) is 13.6. The van der Waals surface area contributed by atoms with E-state index >= 15 is 0 Å². The predicted octanol–water partition coefficient (Wildman–Crippen LogP) is -0.735. The van der Waals surface area contributed by atoms with Crippen LogP contribution < -0.4 is 0 Å². The van der Waals surface area contributed by atoms with E-state index in [9.17, 15) is 9.59 Å². The largest absolute Gasteiger partial charge is 0.441 e. The van der Waals surface area contributed by atoms with Gasteiger partial charge >= 0.3 is 11.9 Å². The van der Waals surface area contributed by atoms with Crippen LogP contribution in [-0.2, 0) is 19.2 Å². The van der Waals surface area contributed by atoms with E-state index in [-0.39, 0.29) is 0 Å². The lowest BCUT2D eigenvalue weighted by Crippen LogP contribution is -2.56. The molecule has 0 aliphatic carbocycles. The smallest absolute Gasteiger partial charge is 0.416 e. The van der Waals surface area contributed by atoms with Crippen LogP contribution >= 0.6 is 0 Å². The molecule has 1 aromatic rings. The molecule has 19 heavy (non-hydrogen) atoms. The van der Waals surface area contributed by atoms with Crippen molar-refractivity contribution in [2.45, 2.75) is 13.3 Å². The van der Waals surface area contributed by atoms with E-state index in [1.54, 1.807) is 18.9 Å². The van der Waals surface area contributed by atoms with Crippen molar-refractivity contribution in [3.8, 4) is 0 Å². The van der Waals surface area contributed by atoms with Crippen LogP contribution in [0, 0.1) is 6.92 Å². The number of rotatable bonds is 1. The molecule has 0 spiro atoms. The highest BCUT2D eigenvalue weighted by Gasteiger charge is 2.41. The molecule has 9 nitrogen and oxygen atoms in total. The lowest BCUT2D eigenvalue weighted by molar-refractivity contribution is -0.277. The maximum absolute atomic E-state index is 11.2. The van der Waals surface area contributed by atoms with E-state index < -0.39 is 18.3 Å². The van der Waals surface area contributed by atoms with Crippen LogP contribution in [0.25, 0.3) is 5.57 Å². The van der Waals surface area contributed by atoms with Crippen molar-refractivity contribution in [1.29, 1.82) is 0 Å². The van der Waals surface area contributed by atoms with Gasteiger partial charge in [0.2, 0.25) is 11.7 Å². The Labute approximate surface area is 107 Å². The summed E-state index contributed by atoms with van der Waals surface area (Å²) in [7, 11) is 1.71. The van der Waals surface area contributed by atoms with Gasteiger partial charge in [-0.3, -0.25) is 0 Å². The van der Waals surface area contributed by atoms with Crippen molar-refractivity contribution in [2.24, 2.45) is 0 Å². The van der Waals surface area contributed by atoms with E-state index in [1.165, 1.54) is 6.20 Å². The third-order valence-corrected chi connectivity index (χ3v) is 2.68. The van der Waals surface area contributed by atoms with Crippen molar-refractivity contribution < 1.29 is 23.7 Å². The number of likely N-dealkylation sites (N-methyl/N-ethyl adjacent to an activating group) is 1. The molecular formula is C10H10N4O5. The number of carbonyl (C=O) groups is 2. The molecule has 9 heteroatoms. The van der Waals surface area contributed by atoms with Crippen LogP contribution in [0.15, 0.2) is 10.7 Å². The maximum Gasteiger partial charge on any atom is 0.441 e. The lowest BCUT2D eigenvalue weighted by atomic mass is 10.2. The number of hydrogen-bond donors (Lipinski definition) is 0. The molecule has 0 amide bonds. The topological polar surface area (TPSA) is 98.0 Å². The number of hydroxylamine groups is 2. The first kappa shape index (κ1) is 11.7. The van der Waals surface area contributed by atoms with Crippen LogP contribution in [0.3, 0.4) is 0 Å². The summed E-state index contributed by atoms with van der Waals surface area (Å²) < 4.78 is 9.83. The minimum Gasteiger partial charge on any atom is -0.416 e. The fraction of sp³-hybridized carbons (Fsp3) is 0.400. The van der Waals surface area contributed by atoms with E-state index in [1.807, 2.05) is 0 Å². The summed E-state index contributed by atoms with van der Waals surface area (Å²) in [6.07, 6.45) is 0.737. The molecule has 0 saturated carbocycles. The molecule has 0 bridgehead atoms. The first-order valence-corrected chi connectivity index (χ1v) is 5.47. The Balaban J connectivity index is 1.91. The summed E-state index contributed by atoms with van der Waals surface area (Å²) >= 11 is 0. The van der Waals surface area contributed by atoms with Crippen LogP contribution in [-0.4, -0.2) is 52.0 Å². The molecular weight excluding hydrogens is 256 g/mol. The second kappa shape index (κ2) is 4.05. The molecule has 1 atom stereocenters. The Morgan fingerprint density at radius 2 is 2.16 bits per heavy atom. The molecule has 0 radical (unpaired) electrons. The number of aromatic nitrogens is 2. The van der Waals surface area contributed by atoms with Gasteiger partial charge in [-0.25, -0.2) is 14.5 Å². The van der Waals surface area contributed by atoms with Gasteiger partial charge in [0.1, 0.15) is 0 Å². The van der Waals surface area contributed by atoms with Crippen LogP contribution in [0.2, 0.25) is 0 Å². The highest BCUT2D eigenvalue weighted by atomic mass is 16.8. The molecule has 3 rings (SSSR count). The van der Waals surface area contributed by atoms with Crippen molar-refractivity contribution in [3.05, 3.63) is 17.9 Å². The average molecular weight is 266 g/mol. The summed E-state index contributed by atoms with van der Waals surface area (Å²) in [4.78, 5) is 32.9. The average Bonchev–Trinajstić information content (AvgIpc) is 2.78. The lowest BCUT2D eigenvalue weighted by Gasteiger charge is -2.40. The molecule has 1 saturated heterocycles. The molecule has 2 aliphatic rings. The standard InChI is InChI=1S/C10H10N4O5/c1-5-11-7(12-18-5)6-3-13(2)10-14(4-6)19-9(16)8(15)17-10/h4,10H,3H2,1-2H3. The highest BCUT2D eigenvalue weighted by Crippen LogP contribution is 2.25. The second-order valence-electron chi connectivity index (χ2n) is 4.18. The SMILES string of the molecule is Cc1nc(C2=CN3OC(=O)C(=O)OC3N(C)C2)no1. The fourth-order valence-corrected chi connectivity index (χ4v) is 1.85. The summed E-state index contributed by atoms with van der Waals surface area (Å²) in [6.45, 7) is 2.10. The first-order chi connectivity index (χ1) is 9.04. The van der Waals surface area contributed by atoms with Gasteiger partial charge in [-0.15, -0.1) is 0 Å². The van der Waals surface area contributed by atoms with Gasteiger partial charge in [0.25, 0.3) is 6.35 Å². The van der Waals surface area contributed by atoms with Crippen molar-refractivity contribution in [2.75, 3.05) is 13.6 Å². The Kier molecular flexibility index (Phi) is 2.49. The van der Waals surface area contributed by atoms with E-state index in [0.717, 1.165) is 5.06 Å². The third-order valence-electron chi connectivity index (χ3n) is 2.68. The Morgan fingerprint density at radius 3 is 2.84 bits per heavy atom. The summed E-state index contributed by atoms with van der Waals surface area (Å²) in [5, 5.41) is 4.94. The molecule has 0 N–H and O–H groups in total. The minimum atomic E-state index is -1.06. The molecule has 100 valence electrons. The number of nitrogens with zero attached hydrogens (tertiary/aromatic N) is 4. The molecule has 2 aliphatic heterocycles. The number of hydrogen-bond acceptors (Lipinski definition) is 9. The third kappa shape index (κ3) is 1.93. The van der Waals surface area contributed by atoms with Crippen LogP contribution in [0.1, 0.15) is 11.7 Å². The Bertz CT molecular complexity index is 580. The van der Waals surface area contributed by atoms with Crippen molar-refractivity contribution in [1.82, 2.24) is 20.1 Å². The van der Waals surface area contributed by atoms with Crippen LogP contribution in [0.5, 0.6) is 0 Å². The van der Waals surface area contributed by atoms with Gasteiger partial charge in [0.15, 0.2) is 0 Å². The fourth-order valence-electron chi connectivity index (χ4n) is 1.85. The monoisotopic (exact) mass is 266 g/mol. The molecule has 1 aromatic heterocycles. The molecule has 1 fully saturated rings. The summed E-state index contributed by atoms with van der Waals surface area (Å²) in [5.41, 5.74) is 0.682. The van der Waals surface area contributed by atoms with Crippen molar-refractivity contribution in [3.63, 3.8) is 0 Å². The zero-order valence-electron chi connectivity index (χ0n) is 10.2. The Morgan fingerprint density at radius 1 is 1.37 bits per heavy atom. The predicted molar refractivity (Wildman–Crippen MR) is 57.5 cm³/mol. The number of esters is 1. The quantitative estimate of drug-likeness (QED) is 0.481. The number of aryl methyl sites for hydroxylation is 1. The van der Waals surface area contributed by atoms with E-state index in [2.05, 4.69) is 10.1 Å². The second-order valence-corrected chi connectivity index (χ2v) is 4.18. The number of fused-ring (bicyclic) bond motifs is 1. The Hall–Kier alpha value is -2.42. The van der Waals surface area contributed by atoms with Gasteiger partial charge in [-0.1, -0.05) is 5.16 Å². The minimum absolute atomic E-state index is 0.399. The maximum atomic E-state index is 11.2. The summed E-state index contributed by atoms with van der Waals surface area (Å²) in [6, 6.07) is 0. The first-order valence-electron chi connectivity index (χ1n) is 5.47. The van der Waals surface area contributed by atoms with Crippen LogP contribution in [0.4, 0.5) is 0 Å². The van der Waals surface area contributed by atoms with E-state index in [0.29, 0.717) is 23.8 Å². The van der Waals surface area contributed by atoms with Gasteiger partial charge in [0.05, 0.1) is 6.20 Å². The van der Waals surface area contributed by atoms with Gasteiger partial charge in [0, 0.05) is 19.0 Å². The zero-order valence-corrected chi connectivity index (χ0v) is 10.2. The number of carbonyl (C=O) groups excluding carboxylic acids is 2. The normalized spacial score (nSPS) is 23.6. The van der Waals surface area contributed by atoms with Crippen molar-refractivity contribution >= 4 is 17.5 Å². The van der Waals surface area contributed by atoms with Gasteiger partial charge in [-0.05, 0) is 7.05 Å². The highest BCUT2D eigenvalue weighted by molar-refractivity contribution is 6.30. The van der Waals surface area contributed by atoms with Gasteiger partial charge < -0.3 is 14.1 Å². The number of ether oxygens (including phenoxy) is 1. The molecule has 0 aromatic carbocycles.